The van der Waals surface area contributed by atoms with Crippen molar-refractivity contribution in [2.24, 2.45) is 0 Å². The summed E-state index contributed by atoms with van der Waals surface area (Å²) in [6, 6.07) is 18.9. The molecule has 1 fully saturated rings. The summed E-state index contributed by atoms with van der Waals surface area (Å²) in [5.74, 6) is 1.90. The largest absolute Gasteiger partial charge is 0.486 e. The van der Waals surface area contributed by atoms with Gasteiger partial charge in [0.25, 0.3) is 0 Å². The number of amides is 1. The smallest absolute Gasteiger partial charge is 0.239 e. The first-order chi connectivity index (χ1) is 18.1. The molecule has 3 heterocycles. The zero-order valence-electron chi connectivity index (χ0n) is 20.4. The highest BCUT2D eigenvalue weighted by Gasteiger charge is 2.21. The van der Waals surface area contributed by atoms with E-state index in [9.17, 15) is 4.79 Å². The van der Waals surface area contributed by atoms with Crippen LogP contribution >= 0.6 is 0 Å². The van der Waals surface area contributed by atoms with Crippen LogP contribution in [0.5, 0.6) is 5.75 Å². The molecule has 186 valence electrons. The third kappa shape index (κ3) is 5.40. The maximum atomic E-state index is 12.0. The van der Waals surface area contributed by atoms with Crippen molar-refractivity contribution in [2.75, 3.05) is 31.6 Å². The van der Waals surface area contributed by atoms with E-state index in [1.807, 2.05) is 78.8 Å². The second kappa shape index (κ2) is 10.9. The average molecular weight is 494 g/mol. The van der Waals surface area contributed by atoms with Crippen molar-refractivity contribution in [1.82, 2.24) is 25.6 Å². The van der Waals surface area contributed by atoms with E-state index in [-0.39, 0.29) is 19.1 Å². The molecule has 0 atom stereocenters. The monoisotopic (exact) mass is 493 g/mol. The molecule has 0 radical (unpaired) electrons. The first-order valence-corrected chi connectivity index (χ1v) is 12.0. The zero-order chi connectivity index (χ0) is 25.6. The lowest BCUT2D eigenvalue weighted by atomic mass is 9.97. The summed E-state index contributed by atoms with van der Waals surface area (Å²) in [6.07, 6.45) is 5.23. The van der Waals surface area contributed by atoms with Crippen molar-refractivity contribution in [3.05, 3.63) is 96.2 Å². The highest BCUT2D eigenvalue weighted by Crippen LogP contribution is 2.25. The van der Waals surface area contributed by atoms with E-state index in [4.69, 9.17) is 15.1 Å². The molecule has 3 N–H and O–H groups in total. The minimum Gasteiger partial charge on any atom is -0.486 e. The normalized spacial score (nSPS) is 13.8. The lowest BCUT2D eigenvalue weighted by Crippen LogP contribution is -2.48. The Morgan fingerprint density at radius 1 is 1.08 bits per heavy atom. The number of carbonyl (C=O) groups excluding carboxylic acids is 1. The Morgan fingerprint density at radius 2 is 1.86 bits per heavy atom. The van der Waals surface area contributed by atoms with Crippen LogP contribution in [0.4, 0.5) is 5.82 Å². The standard InChI is InChI=1S/C28H27N7O2/c1-30-16-23(19-10-12-31-13-11-19)27(29)20-6-8-21(9-7-20)37-18-25-33-24-5-3-2-4-22(24)28(34-25)35-15-14-32-26(36)17-35/h2-13,16,29-30H,14-15,17-18H2,1H3,(H,32,36)/b23-16-,29-27?. The number of nitrogens with one attached hydrogen (secondary N) is 3. The number of anilines is 1. The van der Waals surface area contributed by atoms with Crippen molar-refractivity contribution in [3.63, 3.8) is 0 Å². The molecule has 0 aliphatic carbocycles. The summed E-state index contributed by atoms with van der Waals surface area (Å²) in [6.45, 7) is 1.70. The Kier molecular flexibility index (Phi) is 7.02. The van der Waals surface area contributed by atoms with Crippen molar-refractivity contribution in [2.45, 2.75) is 6.61 Å². The number of hydrogen-bond acceptors (Lipinski definition) is 8. The summed E-state index contributed by atoms with van der Waals surface area (Å²) in [5.41, 5.74) is 3.63. The molecule has 1 saturated heterocycles. The molecule has 4 aromatic rings. The molecule has 0 bridgehead atoms. The van der Waals surface area contributed by atoms with E-state index < -0.39 is 0 Å². The fourth-order valence-electron chi connectivity index (χ4n) is 4.23. The topological polar surface area (TPSA) is 116 Å². The molecule has 9 heteroatoms. The number of fused-ring (bicyclic) bond motifs is 1. The summed E-state index contributed by atoms with van der Waals surface area (Å²) >= 11 is 0. The molecule has 1 aliphatic heterocycles. The van der Waals surface area contributed by atoms with Crippen LogP contribution in [0.25, 0.3) is 16.5 Å². The van der Waals surface area contributed by atoms with Crippen molar-refractivity contribution in [3.8, 4) is 5.75 Å². The summed E-state index contributed by atoms with van der Waals surface area (Å²) in [4.78, 5) is 27.4. The maximum absolute atomic E-state index is 12.0. The highest BCUT2D eigenvalue weighted by atomic mass is 16.5. The third-order valence-electron chi connectivity index (χ3n) is 6.03. The second-order valence-corrected chi connectivity index (χ2v) is 8.52. The van der Waals surface area contributed by atoms with Gasteiger partial charge < -0.3 is 20.3 Å². The van der Waals surface area contributed by atoms with Gasteiger partial charge in [0.05, 0.1) is 17.8 Å². The quantitative estimate of drug-likeness (QED) is 0.323. The van der Waals surface area contributed by atoms with Gasteiger partial charge in [-0.15, -0.1) is 0 Å². The number of para-hydroxylation sites is 1. The lowest BCUT2D eigenvalue weighted by Gasteiger charge is -2.28. The van der Waals surface area contributed by atoms with Gasteiger partial charge in [0.1, 0.15) is 18.2 Å². The summed E-state index contributed by atoms with van der Waals surface area (Å²) in [5, 5.41) is 15.5. The van der Waals surface area contributed by atoms with Crippen molar-refractivity contribution in [1.29, 1.82) is 5.41 Å². The number of pyridine rings is 1. The minimum atomic E-state index is -0.0194. The SMILES string of the molecule is CN/C=C(\C(=N)c1ccc(OCc2nc(N3CCNC(=O)C3)c3ccccc3n2)cc1)c1ccncc1. The van der Waals surface area contributed by atoms with Crippen LogP contribution in [0.15, 0.2) is 79.3 Å². The number of ether oxygens (including phenoxy) is 1. The lowest BCUT2D eigenvalue weighted by molar-refractivity contribution is -0.120. The van der Waals surface area contributed by atoms with Gasteiger partial charge in [-0.2, -0.15) is 0 Å². The molecule has 37 heavy (non-hydrogen) atoms. The molecule has 9 nitrogen and oxygen atoms in total. The maximum Gasteiger partial charge on any atom is 0.239 e. The van der Waals surface area contributed by atoms with E-state index in [1.165, 1.54) is 0 Å². The highest BCUT2D eigenvalue weighted by molar-refractivity contribution is 6.30. The van der Waals surface area contributed by atoms with Gasteiger partial charge >= 0.3 is 0 Å². The van der Waals surface area contributed by atoms with Gasteiger partial charge in [0.2, 0.25) is 5.91 Å². The molecule has 5 rings (SSSR count). The predicted molar refractivity (Wildman–Crippen MR) is 144 cm³/mol. The third-order valence-corrected chi connectivity index (χ3v) is 6.03. The van der Waals surface area contributed by atoms with Gasteiger partial charge in [0, 0.05) is 55.3 Å². The molecule has 0 saturated carbocycles. The van der Waals surface area contributed by atoms with Crippen LogP contribution in [0.3, 0.4) is 0 Å². The van der Waals surface area contributed by atoms with Gasteiger partial charge in [0.15, 0.2) is 5.82 Å². The Morgan fingerprint density at radius 3 is 2.62 bits per heavy atom. The van der Waals surface area contributed by atoms with Crippen LogP contribution in [0, 0.1) is 5.41 Å². The van der Waals surface area contributed by atoms with E-state index in [1.54, 1.807) is 12.4 Å². The first-order valence-electron chi connectivity index (χ1n) is 12.0. The van der Waals surface area contributed by atoms with E-state index in [0.717, 1.165) is 33.4 Å². The number of hydrogen-bond donors (Lipinski definition) is 3. The van der Waals surface area contributed by atoms with E-state index >= 15 is 0 Å². The van der Waals surface area contributed by atoms with Gasteiger partial charge in [-0.25, -0.2) is 9.97 Å². The van der Waals surface area contributed by atoms with Crippen LogP contribution in [0.1, 0.15) is 17.0 Å². The molecule has 1 aliphatic rings. The first kappa shape index (κ1) is 23.9. The second-order valence-electron chi connectivity index (χ2n) is 8.52. The zero-order valence-corrected chi connectivity index (χ0v) is 20.4. The molecule has 2 aromatic carbocycles. The van der Waals surface area contributed by atoms with Gasteiger partial charge in [-0.1, -0.05) is 12.1 Å². The number of piperazine rings is 1. The van der Waals surface area contributed by atoms with Crippen LogP contribution < -0.4 is 20.3 Å². The van der Waals surface area contributed by atoms with Crippen LogP contribution in [0.2, 0.25) is 0 Å². The van der Waals surface area contributed by atoms with Crippen molar-refractivity contribution < 1.29 is 9.53 Å². The number of aromatic nitrogens is 3. The predicted octanol–water partition coefficient (Wildman–Crippen LogP) is 3.17. The molecule has 1 amide bonds. The Labute approximate surface area is 214 Å². The minimum absolute atomic E-state index is 0.0194. The summed E-state index contributed by atoms with van der Waals surface area (Å²) < 4.78 is 6.00. The average Bonchev–Trinajstić information content (AvgIpc) is 2.95. The number of rotatable bonds is 8. The van der Waals surface area contributed by atoms with Gasteiger partial charge in [-0.05, 0) is 54.1 Å². The van der Waals surface area contributed by atoms with E-state index in [0.29, 0.717) is 30.4 Å². The Hall–Kier alpha value is -4.79. The number of allylic oxidation sites excluding steroid dienone is 1. The molecule has 2 aromatic heterocycles. The number of carbonyl (C=O) groups is 1. The summed E-state index contributed by atoms with van der Waals surface area (Å²) in [7, 11) is 1.81. The fraction of sp³-hybridized carbons (Fsp3) is 0.179. The Balaban J connectivity index is 1.33. The molecular formula is C28H27N7O2. The molecule has 0 unspecified atom stereocenters. The fourth-order valence-corrected chi connectivity index (χ4v) is 4.23. The molecular weight excluding hydrogens is 466 g/mol. The number of nitrogens with zero attached hydrogens (tertiary/aromatic N) is 4. The van der Waals surface area contributed by atoms with Crippen LogP contribution in [-0.4, -0.2) is 53.3 Å². The Bertz CT molecular complexity index is 1450. The molecule has 0 spiro atoms. The van der Waals surface area contributed by atoms with Crippen LogP contribution in [-0.2, 0) is 11.4 Å². The van der Waals surface area contributed by atoms with E-state index in [2.05, 4.69) is 20.6 Å². The number of benzene rings is 2. The van der Waals surface area contributed by atoms with Crippen molar-refractivity contribution >= 4 is 33.9 Å². The van der Waals surface area contributed by atoms with Gasteiger partial charge in [-0.3, -0.25) is 15.2 Å².